The molecule has 1 aromatic heterocycles. The average molecular weight is 352 g/mol. The molecule has 0 aliphatic heterocycles. The third-order valence-corrected chi connectivity index (χ3v) is 3.95. The Hall–Kier alpha value is -2.85. The summed E-state index contributed by atoms with van der Waals surface area (Å²) >= 11 is 5.89. The predicted molar refractivity (Wildman–Crippen MR) is 101 cm³/mol. The van der Waals surface area contributed by atoms with Crippen molar-refractivity contribution in [2.45, 2.75) is 13.1 Å². The fraction of sp³-hybridized carbons (Fsp3) is 0.100. The van der Waals surface area contributed by atoms with Gasteiger partial charge in [-0.25, -0.2) is 0 Å². The molecule has 0 aliphatic carbocycles. The van der Waals surface area contributed by atoms with Crippen molar-refractivity contribution >= 4 is 23.2 Å². The van der Waals surface area contributed by atoms with E-state index in [9.17, 15) is 4.79 Å². The second kappa shape index (κ2) is 8.31. The zero-order valence-electron chi connectivity index (χ0n) is 13.6. The van der Waals surface area contributed by atoms with Crippen LogP contribution in [-0.4, -0.2) is 10.9 Å². The summed E-state index contributed by atoms with van der Waals surface area (Å²) in [6.07, 6.45) is 1.63. The first kappa shape index (κ1) is 17.0. The normalized spacial score (nSPS) is 10.3. The maximum atomic E-state index is 12.3. The van der Waals surface area contributed by atoms with Crippen LogP contribution in [0.25, 0.3) is 0 Å². The number of hydrogen-bond donors (Lipinski definition) is 2. The standard InChI is InChI=1S/C20H18ClN3O/c21-17-8-6-16(7-9-17)13-23-18-10-11-22-19(12-18)20(25)24-14-15-4-2-1-3-5-15/h1-12H,13-14H2,(H,22,23)(H,24,25). The molecule has 0 bridgehead atoms. The number of nitrogens with zero attached hydrogens (tertiary/aromatic N) is 1. The first-order valence-corrected chi connectivity index (χ1v) is 8.35. The molecular formula is C20H18ClN3O. The number of amides is 1. The van der Waals surface area contributed by atoms with Gasteiger partial charge < -0.3 is 10.6 Å². The van der Waals surface area contributed by atoms with Gasteiger partial charge in [-0.1, -0.05) is 54.1 Å². The zero-order valence-corrected chi connectivity index (χ0v) is 14.3. The van der Waals surface area contributed by atoms with Crippen LogP contribution >= 0.6 is 11.6 Å². The summed E-state index contributed by atoms with van der Waals surface area (Å²) in [5.41, 5.74) is 3.39. The lowest BCUT2D eigenvalue weighted by molar-refractivity contribution is 0.0946. The van der Waals surface area contributed by atoms with Crippen LogP contribution in [0.4, 0.5) is 5.69 Å². The van der Waals surface area contributed by atoms with Gasteiger partial charge in [0.2, 0.25) is 0 Å². The summed E-state index contributed by atoms with van der Waals surface area (Å²) in [4.78, 5) is 16.4. The summed E-state index contributed by atoms with van der Waals surface area (Å²) in [5, 5.41) is 6.88. The Morgan fingerprint density at radius 3 is 2.40 bits per heavy atom. The van der Waals surface area contributed by atoms with E-state index in [0.29, 0.717) is 23.8 Å². The van der Waals surface area contributed by atoms with Gasteiger partial charge in [-0.2, -0.15) is 0 Å². The zero-order chi connectivity index (χ0) is 17.5. The van der Waals surface area contributed by atoms with E-state index < -0.39 is 0 Å². The molecule has 3 rings (SSSR count). The molecule has 0 atom stereocenters. The molecule has 0 saturated heterocycles. The Labute approximate surface area is 151 Å². The lowest BCUT2D eigenvalue weighted by Gasteiger charge is -2.09. The minimum Gasteiger partial charge on any atom is -0.381 e. The number of rotatable bonds is 6. The van der Waals surface area contributed by atoms with E-state index in [-0.39, 0.29) is 5.91 Å². The Kier molecular flexibility index (Phi) is 5.65. The van der Waals surface area contributed by atoms with Crippen LogP contribution in [0.5, 0.6) is 0 Å². The molecule has 0 radical (unpaired) electrons. The fourth-order valence-electron chi connectivity index (χ4n) is 2.34. The highest BCUT2D eigenvalue weighted by Crippen LogP contribution is 2.13. The molecule has 4 nitrogen and oxygen atoms in total. The fourth-order valence-corrected chi connectivity index (χ4v) is 2.47. The summed E-state index contributed by atoms with van der Waals surface area (Å²) in [7, 11) is 0. The highest BCUT2D eigenvalue weighted by atomic mass is 35.5. The van der Waals surface area contributed by atoms with Gasteiger partial charge in [0.15, 0.2) is 0 Å². The Balaban J connectivity index is 1.58. The van der Waals surface area contributed by atoms with Crippen LogP contribution in [0.3, 0.4) is 0 Å². The van der Waals surface area contributed by atoms with Crippen molar-refractivity contribution in [3.63, 3.8) is 0 Å². The van der Waals surface area contributed by atoms with Gasteiger partial charge in [0.1, 0.15) is 5.69 Å². The number of carbonyl (C=O) groups excluding carboxylic acids is 1. The highest BCUT2D eigenvalue weighted by Gasteiger charge is 2.07. The maximum absolute atomic E-state index is 12.3. The third kappa shape index (κ3) is 5.06. The largest absolute Gasteiger partial charge is 0.381 e. The Bertz CT molecular complexity index is 835. The van der Waals surface area contributed by atoms with Crippen LogP contribution in [-0.2, 0) is 13.1 Å². The number of nitrogens with one attached hydrogen (secondary N) is 2. The minimum absolute atomic E-state index is 0.195. The van der Waals surface area contributed by atoms with Crippen molar-refractivity contribution in [2.75, 3.05) is 5.32 Å². The first-order valence-electron chi connectivity index (χ1n) is 7.97. The molecule has 25 heavy (non-hydrogen) atoms. The maximum Gasteiger partial charge on any atom is 0.270 e. The molecule has 0 unspecified atom stereocenters. The lowest BCUT2D eigenvalue weighted by atomic mass is 10.2. The van der Waals surface area contributed by atoms with Gasteiger partial charge >= 0.3 is 0 Å². The van der Waals surface area contributed by atoms with E-state index in [1.807, 2.05) is 60.7 Å². The summed E-state index contributed by atoms with van der Waals surface area (Å²) in [6, 6.07) is 21.0. The van der Waals surface area contributed by atoms with Crippen molar-refractivity contribution in [2.24, 2.45) is 0 Å². The van der Waals surface area contributed by atoms with Gasteiger partial charge in [-0.05, 0) is 35.4 Å². The van der Waals surface area contributed by atoms with Crippen LogP contribution in [0.1, 0.15) is 21.6 Å². The number of pyridine rings is 1. The third-order valence-electron chi connectivity index (χ3n) is 3.70. The van der Waals surface area contributed by atoms with Gasteiger partial charge in [-0.3, -0.25) is 9.78 Å². The van der Waals surface area contributed by atoms with Crippen molar-refractivity contribution in [3.8, 4) is 0 Å². The van der Waals surface area contributed by atoms with Crippen LogP contribution in [0.15, 0.2) is 72.9 Å². The van der Waals surface area contributed by atoms with Crippen LogP contribution in [0, 0.1) is 0 Å². The second-order valence-electron chi connectivity index (χ2n) is 5.58. The Morgan fingerprint density at radius 1 is 0.920 bits per heavy atom. The van der Waals surface area contributed by atoms with Gasteiger partial charge in [0.25, 0.3) is 5.91 Å². The molecular weight excluding hydrogens is 334 g/mol. The average Bonchev–Trinajstić information content (AvgIpc) is 2.67. The quantitative estimate of drug-likeness (QED) is 0.697. The number of carbonyl (C=O) groups is 1. The van der Waals surface area contributed by atoms with Crippen molar-refractivity contribution in [1.82, 2.24) is 10.3 Å². The van der Waals surface area contributed by atoms with E-state index >= 15 is 0 Å². The number of halogens is 1. The van der Waals surface area contributed by atoms with Gasteiger partial charge in [0, 0.05) is 30.0 Å². The molecule has 0 saturated carbocycles. The molecule has 2 aromatic carbocycles. The van der Waals surface area contributed by atoms with E-state index in [0.717, 1.165) is 16.8 Å². The molecule has 1 amide bonds. The topological polar surface area (TPSA) is 54.0 Å². The van der Waals surface area contributed by atoms with E-state index in [1.54, 1.807) is 12.3 Å². The highest BCUT2D eigenvalue weighted by molar-refractivity contribution is 6.30. The van der Waals surface area contributed by atoms with E-state index in [4.69, 9.17) is 11.6 Å². The summed E-state index contributed by atoms with van der Waals surface area (Å²) in [6.45, 7) is 1.12. The molecule has 2 N–H and O–H groups in total. The van der Waals surface area contributed by atoms with E-state index in [2.05, 4.69) is 15.6 Å². The lowest BCUT2D eigenvalue weighted by Crippen LogP contribution is -2.23. The van der Waals surface area contributed by atoms with E-state index in [1.165, 1.54) is 0 Å². The number of anilines is 1. The first-order chi connectivity index (χ1) is 12.2. The smallest absolute Gasteiger partial charge is 0.270 e. The summed E-state index contributed by atoms with van der Waals surface area (Å²) < 4.78 is 0. The predicted octanol–water partition coefficient (Wildman–Crippen LogP) is 4.28. The molecule has 5 heteroatoms. The minimum atomic E-state index is -0.195. The molecule has 1 heterocycles. The van der Waals surface area contributed by atoms with Crippen LogP contribution in [0.2, 0.25) is 5.02 Å². The SMILES string of the molecule is O=C(NCc1ccccc1)c1cc(NCc2ccc(Cl)cc2)ccn1. The summed E-state index contributed by atoms with van der Waals surface area (Å²) in [5.74, 6) is -0.195. The number of hydrogen-bond acceptors (Lipinski definition) is 3. The monoisotopic (exact) mass is 351 g/mol. The van der Waals surface area contributed by atoms with Gasteiger partial charge in [-0.15, -0.1) is 0 Å². The molecule has 126 valence electrons. The molecule has 0 spiro atoms. The van der Waals surface area contributed by atoms with Crippen LogP contribution < -0.4 is 10.6 Å². The van der Waals surface area contributed by atoms with Gasteiger partial charge in [0.05, 0.1) is 0 Å². The number of benzene rings is 2. The van der Waals surface area contributed by atoms with Crippen molar-refractivity contribution in [3.05, 3.63) is 94.8 Å². The molecule has 0 fully saturated rings. The molecule has 0 aliphatic rings. The molecule has 3 aromatic rings. The number of aromatic nitrogens is 1. The second-order valence-corrected chi connectivity index (χ2v) is 6.01. The van der Waals surface area contributed by atoms with Crippen molar-refractivity contribution in [1.29, 1.82) is 0 Å². The van der Waals surface area contributed by atoms with Crippen molar-refractivity contribution < 1.29 is 4.79 Å². The Morgan fingerprint density at radius 2 is 1.64 bits per heavy atom.